The van der Waals surface area contributed by atoms with E-state index in [1.54, 1.807) is 25.3 Å². The molecule has 0 saturated carbocycles. The molecule has 1 N–H and O–H groups in total. The molecule has 0 aromatic heterocycles. The molecule has 0 amide bonds. The van der Waals surface area contributed by atoms with Crippen molar-refractivity contribution in [2.45, 2.75) is 51.7 Å². The van der Waals surface area contributed by atoms with Crippen molar-refractivity contribution in [3.05, 3.63) is 29.3 Å². The number of carboxylic acids is 1. The number of hydrogen-bond acceptors (Lipinski definition) is 3. The van der Waals surface area contributed by atoms with Crippen LogP contribution in [0.1, 0.15) is 49.0 Å². The van der Waals surface area contributed by atoms with Gasteiger partial charge in [-0.3, -0.25) is 4.90 Å². The second-order valence-electron chi connectivity index (χ2n) is 5.49. The van der Waals surface area contributed by atoms with Gasteiger partial charge >= 0.3 is 5.97 Å². The Bertz CT molecular complexity index is 487. The molecule has 1 aliphatic rings. The van der Waals surface area contributed by atoms with Gasteiger partial charge in [-0.15, -0.1) is 0 Å². The van der Waals surface area contributed by atoms with E-state index >= 15 is 0 Å². The summed E-state index contributed by atoms with van der Waals surface area (Å²) < 4.78 is 5.37. The van der Waals surface area contributed by atoms with E-state index in [1.807, 2.05) is 0 Å². The Morgan fingerprint density at radius 2 is 2.20 bits per heavy atom. The first-order valence-corrected chi connectivity index (χ1v) is 7.22. The number of hydrogen-bond donors (Lipinski definition) is 1. The lowest BCUT2D eigenvalue weighted by molar-refractivity contribution is 0.0696. The van der Waals surface area contributed by atoms with E-state index in [2.05, 4.69) is 18.7 Å². The van der Waals surface area contributed by atoms with Crippen molar-refractivity contribution >= 4 is 5.97 Å². The normalized spacial score (nSPS) is 22.9. The van der Waals surface area contributed by atoms with Crippen molar-refractivity contribution in [2.75, 3.05) is 7.11 Å². The highest BCUT2D eigenvalue weighted by atomic mass is 16.5. The summed E-state index contributed by atoms with van der Waals surface area (Å²) in [5, 5.41) is 9.13. The minimum atomic E-state index is -0.893. The molecule has 4 nitrogen and oxygen atoms in total. The van der Waals surface area contributed by atoms with Gasteiger partial charge in [-0.25, -0.2) is 4.79 Å². The van der Waals surface area contributed by atoms with Crippen molar-refractivity contribution in [1.29, 1.82) is 0 Å². The van der Waals surface area contributed by atoms with Gasteiger partial charge in [0.25, 0.3) is 0 Å². The Morgan fingerprint density at radius 3 is 2.80 bits per heavy atom. The van der Waals surface area contributed by atoms with Gasteiger partial charge in [0, 0.05) is 24.2 Å². The fraction of sp³-hybridized carbons (Fsp3) is 0.562. The van der Waals surface area contributed by atoms with Crippen LogP contribution in [-0.2, 0) is 6.54 Å². The van der Waals surface area contributed by atoms with Gasteiger partial charge in [0.15, 0.2) is 0 Å². The fourth-order valence-electron chi connectivity index (χ4n) is 3.08. The molecule has 1 heterocycles. The molecule has 110 valence electrons. The Kier molecular flexibility index (Phi) is 4.65. The molecule has 2 rings (SSSR count). The van der Waals surface area contributed by atoms with Crippen LogP contribution in [0.25, 0.3) is 0 Å². The van der Waals surface area contributed by atoms with Crippen LogP contribution in [0.15, 0.2) is 18.2 Å². The monoisotopic (exact) mass is 277 g/mol. The third-order valence-corrected chi connectivity index (χ3v) is 4.30. The number of carboxylic acid groups (broad SMARTS) is 1. The maximum absolute atomic E-state index is 11.1. The van der Waals surface area contributed by atoms with Gasteiger partial charge in [-0.1, -0.05) is 6.92 Å². The molecule has 1 saturated heterocycles. The molecule has 0 spiro atoms. The minimum absolute atomic E-state index is 0.320. The number of carbonyl (C=O) groups is 1. The summed E-state index contributed by atoms with van der Waals surface area (Å²) in [7, 11) is 1.63. The van der Waals surface area contributed by atoms with Crippen LogP contribution in [0, 0.1) is 0 Å². The van der Waals surface area contributed by atoms with Gasteiger partial charge in [0.2, 0.25) is 0 Å². The largest absolute Gasteiger partial charge is 0.496 e. The first kappa shape index (κ1) is 14.9. The molecule has 0 bridgehead atoms. The zero-order valence-corrected chi connectivity index (χ0v) is 12.4. The lowest BCUT2D eigenvalue weighted by Crippen LogP contribution is -2.33. The number of ether oxygens (including phenoxy) is 1. The van der Waals surface area contributed by atoms with E-state index < -0.39 is 5.97 Å². The van der Waals surface area contributed by atoms with Crippen molar-refractivity contribution in [3.8, 4) is 5.75 Å². The number of likely N-dealkylation sites (tertiary alicyclic amines) is 1. The number of methoxy groups -OCH3 is 1. The summed E-state index contributed by atoms with van der Waals surface area (Å²) in [5.41, 5.74) is 1.28. The van der Waals surface area contributed by atoms with Crippen LogP contribution in [0.5, 0.6) is 5.75 Å². The molecule has 4 heteroatoms. The Morgan fingerprint density at radius 1 is 1.45 bits per heavy atom. The summed E-state index contributed by atoms with van der Waals surface area (Å²) >= 11 is 0. The molecule has 1 aliphatic heterocycles. The number of rotatable bonds is 5. The smallest absolute Gasteiger partial charge is 0.335 e. The van der Waals surface area contributed by atoms with Gasteiger partial charge in [-0.2, -0.15) is 0 Å². The van der Waals surface area contributed by atoms with Gasteiger partial charge < -0.3 is 9.84 Å². The molecular formula is C16H23NO3. The molecular weight excluding hydrogens is 254 g/mol. The predicted molar refractivity (Wildman–Crippen MR) is 78.3 cm³/mol. The maximum Gasteiger partial charge on any atom is 0.335 e. The first-order chi connectivity index (χ1) is 9.56. The van der Waals surface area contributed by atoms with Crippen molar-refractivity contribution < 1.29 is 14.6 Å². The molecule has 0 radical (unpaired) electrons. The van der Waals surface area contributed by atoms with E-state index in [-0.39, 0.29) is 0 Å². The summed E-state index contributed by atoms with van der Waals surface area (Å²) in [5.74, 6) is -0.126. The zero-order valence-electron chi connectivity index (χ0n) is 12.4. The van der Waals surface area contributed by atoms with E-state index in [1.165, 1.54) is 12.8 Å². The first-order valence-electron chi connectivity index (χ1n) is 7.22. The molecule has 1 aromatic rings. The van der Waals surface area contributed by atoms with Crippen LogP contribution in [-0.4, -0.2) is 35.2 Å². The van der Waals surface area contributed by atoms with E-state index in [0.717, 1.165) is 24.3 Å². The Hall–Kier alpha value is -1.55. The van der Waals surface area contributed by atoms with E-state index in [0.29, 0.717) is 17.6 Å². The van der Waals surface area contributed by atoms with Crippen molar-refractivity contribution in [2.24, 2.45) is 0 Å². The van der Waals surface area contributed by atoms with Crippen molar-refractivity contribution in [3.63, 3.8) is 0 Å². The summed E-state index contributed by atoms with van der Waals surface area (Å²) in [6, 6.07) is 6.20. The molecule has 0 aliphatic carbocycles. The molecule has 1 aromatic carbocycles. The number of aromatic carboxylic acids is 1. The molecule has 20 heavy (non-hydrogen) atoms. The maximum atomic E-state index is 11.1. The summed E-state index contributed by atoms with van der Waals surface area (Å²) in [6.07, 6.45) is 3.56. The third kappa shape index (κ3) is 2.96. The molecule has 1 fully saturated rings. The average Bonchev–Trinajstić information content (AvgIpc) is 2.79. The third-order valence-electron chi connectivity index (χ3n) is 4.30. The Balaban J connectivity index is 2.26. The summed E-state index contributed by atoms with van der Waals surface area (Å²) in [6.45, 7) is 5.20. The second kappa shape index (κ2) is 6.27. The SMILES string of the molecule is CCC1CCC(C)N1Cc1cc(C(=O)O)ccc1OC. The highest BCUT2D eigenvalue weighted by molar-refractivity contribution is 5.88. The quantitative estimate of drug-likeness (QED) is 0.898. The van der Waals surface area contributed by atoms with Crippen LogP contribution < -0.4 is 4.74 Å². The fourth-order valence-corrected chi connectivity index (χ4v) is 3.08. The Labute approximate surface area is 120 Å². The highest BCUT2D eigenvalue weighted by Gasteiger charge is 2.29. The number of benzene rings is 1. The van der Waals surface area contributed by atoms with Gasteiger partial charge in [-0.05, 0) is 44.4 Å². The topological polar surface area (TPSA) is 49.8 Å². The minimum Gasteiger partial charge on any atom is -0.496 e. The number of nitrogens with zero attached hydrogens (tertiary/aromatic N) is 1. The summed E-state index contributed by atoms with van der Waals surface area (Å²) in [4.78, 5) is 13.6. The predicted octanol–water partition coefficient (Wildman–Crippen LogP) is 3.16. The van der Waals surface area contributed by atoms with Crippen LogP contribution in [0.4, 0.5) is 0 Å². The highest BCUT2D eigenvalue weighted by Crippen LogP contribution is 2.30. The lowest BCUT2D eigenvalue weighted by atomic mass is 10.1. The van der Waals surface area contributed by atoms with Crippen molar-refractivity contribution in [1.82, 2.24) is 4.90 Å². The average molecular weight is 277 g/mol. The van der Waals surface area contributed by atoms with Gasteiger partial charge in [0.1, 0.15) is 5.75 Å². The van der Waals surface area contributed by atoms with Crippen LogP contribution in [0.3, 0.4) is 0 Å². The van der Waals surface area contributed by atoms with E-state index in [4.69, 9.17) is 9.84 Å². The lowest BCUT2D eigenvalue weighted by Gasteiger charge is -2.28. The zero-order chi connectivity index (χ0) is 14.7. The molecule has 2 atom stereocenters. The second-order valence-corrected chi connectivity index (χ2v) is 5.49. The van der Waals surface area contributed by atoms with E-state index in [9.17, 15) is 4.79 Å². The van der Waals surface area contributed by atoms with Crippen LogP contribution >= 0.6 is 0 Å². The van der Waals surface area contributed by atoms with Crippen LogP contribution in [0.2, 0.25) is 0 Å². The standard InChI is InChI=1S/C16H23NO3/c1-4-14-7-5-11(2)17(14)10-13-9-12(16(18)19)6-8-15(13)20-3/h6,8-9,11,14H,4-5,7,10H2,1-3H3,(H,18,19). The molecule has 2 unspecified atom stereocenters. The van der Waals surface area contributed by atoms with Gasteiger partial charge in [0.05, 0.1) is 12.7 Å².